The predicted molar refractivity (Wildman–Crippen MR) is 141 cm³/mol. The quantitative estimate of drug-likeness (QED) is 0.411. The first-order valence-corrected chi connectivity index (χ1v) is 12.3. The zero-order valence-corrected chi connectivity index (χ0v) is 22.7. The molecule has 0 aliphatic heterocycles. The topological polar surface area (TPSA) is 0 Å². The van der Waals surface area contributed by atoms with E-state index in [1.54, 1.807) is 0 Å². The highest BCUT2D eigenvalue weighted by molar-refractivity contribution is 5.79. The lowest BCUT2D eigenvalue weighted by molar-refractivity contribution is 0.363. The molecule has 1 aliphatic carbocycles. The number of hydrogen-bond donors (Lipinski definition) is 0. The second-order valence-corrected chi connectivity index (χ2v) is 5.97. The van der Waals surface area contributed by atoms with Crippen LogP contribution in [0, 0.1) is 5.41 Å². The summed E-state index contributed by atoms with van der Waals surface area (Å²) in [4.78, 5) is 0. The third kappa shape index (κ3) is 10.7. The van der Waals surface area contributed by atoms with Crippen LogP contribution in [-0.4, -0.2) is 0 Å². The smallest absolute Gasteiger partial charge is 0.0150 e. The SMILES string of the molecule is CC.CC.CC.CC.CC.CC.CC(C)(C)C1c2ccccc2-c2ccccc21. The second-order valence-electron chi connectivity index (χ2n) is 5.97. The molecule has 0 amide bonds. The zero-order chi connectivity index (χ0) is 24.0. The molecule has 1 aliphatic rings. The lowest BCUT2D eigenvalue weighted by Crippen LogP contribution is -2.17. The van der Waals surface area contributed by atoms with Crippen molar-refractivity contribution in [2.45, 2.75) is 110 Å². The highest BCUT2D eigenvalue weighted by atomic mass is 14.4. The van der Waals surface area contributed by atoms with E-state index in [9.17, 15) is 0 Å². The summed E-state index contributed by atoms with van der Waals surface area (Å²) >= 11 is 0. The lowest BCUT2D eigenvalue weighted by atomic mass is 9.75. The maximum atomic E-state index is 2.33. The fraction of sp³-hybridized carbons (Fsp3) is 0.586. The summed E-state index contributed by atoms with van der Waals surface area (Å²) in [5.41, 5.74) is 6.08. The van der Waals surface area contributed by atoms with Gasteiger partial charge in [0.2, 0.25) is 0 Å². The van der Waals surface area contributed by atoms with Crippen LogP contribution in [0.15, 0.2) is 48.5 Å². The van der Waals surface area contributed by atoms with Crippen LogP contribution in [0.5, 0.6) is 0 Å². The monoisotopic (exact) mass is 402 g/mol. The normalized spacial score (nSPS) is 9.76. The molecule has 0 aromatic heterocycles. The first kappa shape index (κ1) is 34.9. The molecule has 0 heterocycles. The molecule has 0 unspecified atom stereocenters. The van der Waals surface area contributed by atoms with Crippen LogP contribution in [0.25, 0.3) is 11.1 Å². The van der Waals surface area contributed by atoms with Gasteiger partial charge in [-0.25, -0.2) is 0 Å². The Morgan fingerprint density at radius 2 is 0.690 bits per heavy atom. The largest absolute Gasteiger partial charge is 0.0683 e. The summed E-state index contributed by atoms with van der Waals surface area (Å²) < 4.78 is 0. The van der Waals surface area contributed by atoms with Crippen molar-refractivity contribution in [1.29, 1.82) is 0 Å². The molecule has 29 heavy (non-hydrogen) atoms. The fourth-order valence-corrected chi connectivity index (χ4v) is 3.09. The van der Waals surface area contributed by atoms with Gasteiger partial charge in [0.25, 0.3) is 0 Å². The van der Waals surface area contributed by atoms with Crippen molar-refractivity contribution < 1.29 is 0 Å². The third-order valence-corrected chi connectivity index (χ3v) is 3.70. The standard InChI is InChI=1S/C17H18.6C2H6/c1-17(2,3)16-14-10-6-4-8-12(14)13-9-5-7-11-15(13)16;6*1-2/h4-11,16H,1-3H3;6*1-2H3. The summed E-state index contributed by atoms with van der Waals surface area (Å²) in [6.07, 6.45) is 0. The van der Waals surface area contributed by atoms with Crippen LogP contribution in [0.2, 0.25) is 0 Å². The van der Waals surface area contributed by atoms with Gasteiger partial charge >= 0.3 is 0 Å². The summed E-state index contributed by atoms with van der Waals surface area (Å²) in [5.74, 6) is 0.523. The first-order valence-electron chi connectivity index (χ1n) is 12.3. The van der Waals surface area contributed by atoms with E-state index < -0.39 is 0 Å². The van der Waals surface area contributed by atoms with Crippen molar-refractivity contribution >= 4 is 0 Å². The molecular weight excluding hydrogens is 348 g/mol. The summed E-state index contributed by atoms with van der Waals surface area (Å²) in [5, 5.41) is 0. The van der Waals surface area contributed by atoms with Crippen molar-refractivity contribution in [3.8, 4) is 11.1 Å². The molecule has 0 fully saturated rings. The molecule has 0 N–H and O–H groups in total. The Balaban J connectivity index is -0.000000226. The van der Waals surface area contributed by atoms with Gasteiger partial charge in [-0.3, -0.25) is 0 Å². The molecule has 0 atom stereocenters. The van der Waals surface area contributed by atoms with Gasteiger partial charge < -0.3 is 0 Å². The maximum Gasteiger partial charge on any atom is 0.0150 e. The predicted octanol–water partition coefficient (Wildman–Crippen LogP) is 11.0. The molecule has 0 spiro atoms. The molecule has 0 heteroatoms. The van der Waals surface area contributed by atoms with E-state index in [1.807, 2.05) is 83.1 Å². The maximum absolute atomic E-state index is 2.33. The average molecular weight is 403 g/mol. The number of benzene rings is 2. The van der Waals surface area contributed by atoms with Gasteiger partial charge in [-0.1, -0.05) is 152 Å². The summed E-state index contributed by atoms with van der Waals surface area (Å²) in [7, 11) is 0. The molecule has 0 bridgehead atoms. The van der Waals surface area contributed by atoms with Crippen molar-refractivity contribution in [3.05, 3.63) is 59.7 Å². The van der Waals surface area contributed by atoms with Crippen LogP contribution in [0.3, 0.4) is 0 Å². The Bertz CT molecular complexity index is 513. The minimum Gasteiger partial charge on any atom is -0.0683 e. The number of hydrogen-bond acceptors (Lipinski definition) is 0. The van der Waals surface area contributed by atoms with Gasteiger partial charge in [0.15, 0.2) is 0 Å². The van der Waals surface area contributed by atoms with Crippen molar-refractivity contribution in [2.24, 2.45) is 5.41 Å². The minimum atomic E-state index is 0.267. The number of fused-ring (bicyclic) bond motifs is 3. The van der Waals surface area contributed by atoms with Crippen LogP contribution in [-0.2, 0) is 0 Å². The van der Waals surface area contributed by atoms with Gasteiger partial charge in [0, 0.05) is 5.92 Å². The summed E-state index contributed by atoms with van der Waals surface area (Å²) in [6, 6.07) is 17.7. The minimum absolute atomic E-state index is 0.267. The van der Waals surface area contributed by atoms with E-state index in [1.165, 1.54) is 22.3 Å². The van der Waals surface area contributed by atoms with Crippen LogP contribution < -0.4 is 0 Å². The Kier molecular flexibility index (Phi) is 27.4. The van der Waals surface area contributed by atoms with E-state index in [4.69, 9.17) is 0 Å². The van der Waals surface area contributed by atoms with E-state index in [2.05, 4.69) is 69.3 Å². The molecule has 0 radical (unpaired) electrons. The molecule has 2 aromatic rings. The van der Waals surface area contributed by atoms with Gasteiger partial charge in [0.1, 0.15) is 0 Å². The number of rotatable bonds is 0. The Hall–Kier alpha value is -1.56. The van der Waals surface area contributed by atoms with Crippen molar-refractivity contribution in [3.63, 3.8) is 0 Å². The Morgan fingerprint density at radius 1 is 0.448 bits per heavy atom. The van der Waals surface area contributed by atoms with Crippen LogP contribution >= 0.6 is 0 Å². The van der Waals surface area contributed by atoms with E-state index in [-0.39, 0.29) is 5.41 Å². The average Bonchev–Trinajstić information content (AvgIpc) is 3.17. The Morgan fingerprint density at radius 3 is 0.931 bits per heavy atom. The van der Waals surface area contributed by atoms with Gasteiger partial charge in [-0.05, 0) is 27.7 Å². The molecule has 0 saturated heterocycles. The molecule has 3 rings (SSSR count). The first-order chi connectivity index (χ1) is 14.1. The third-order valence-electron chi connectivity index (χ3n) is 3.70. The van der Waals surface area contributed by atoms with Crippen molar-refractivity contribution in [1.82, 2.24) is 0 Å². The molecule has 2 aromatic carbocycles. The fourth-order valence-electron chi connectivity index (χ4n) is 3.09. The second kappa shape index (κ2) is 22.7. The van der Waals surface area contributed by atoms with Gasteiger partial charge in [0.05, 0.1) is 0 Å². The van der Waals surface area contributed by atoms with Gasteiger partial charge in [-0.15, -0.1) is 0 Å². The molecule has 170 valence electrons. The van der Waals surface area contributed by atoms with Crippen LogP contribution in [0.1, 0.15) is 121 Å². The Labute approximate surface area is 186 Å². The van der Waals surface area contributed by atoms with E-state index in [0.29, 0.717) is 5.92 Å². The highest BCUT2D eigenvalue weighted by Crippen LogP contribution is 2.51. The lowest BCUT2D eigenvalue weighted by Gasteiger charge is -2.29. The molecule has 0 saturated carbocycles. The molecule has 0 nitrogen and oxygen atoms in total. The summed E-state index contributed by atoms with van der Waals surface area (Å²) in [6.45, 7) is 31.0. The highest BCUT2D eigenvalue weighted by Gasteiger charge is 2.35. The van der Waals surface area contributed by atoms with Crippen LogP contribution in [0.4, 0.5) is 0 Å². The molecular formula is C29H54. The van der Waals surface area contributed by atoms with Gasteiger partial charge in [-0.2, -0.15) is 0 Å². The zero-order valence-electron chi connectivity index (χ0n) is 22.7. The van der Waals surface area contributed by atoms with E-state index >= 15 is 0 Å². The van der Waals surface area contributed by atoms with Crippen molar-refractivity contribution in [2.75, 3.05) is 0 Å². The van der Waals surface area contributed by atoms with E-state index in [0.717, 1.165) is 0 Å².